The second kappa shape index (κ2) is 4.87. The number of hydrogen-bond acceptors (Lipinski definition) is 1. The maximum atomic E-state index is 10.7. The summed E-state index contributed by atoms with van der Waals surface area (Å²) in [5.41, 5.74) is 5.75. The molecule has 1 amide bonds. The Morgan fingerprint density at radius 3 is 2.64 bits per heavy atom. The lowest BCUT2D eigenvalue weighted by Gasteiger charge is -2.07. The maximum Gasteiger partial charge on any atom is 0.235 e. The molecule has 0 heterocycles. The minimum atomic E-state index is -0.758. The van der Waals surface area contributed by atoms with E-state index in [2.05, 4.69) is 0 Å². The molecule has 0 aliphatic heterocycles. The first-order valence-corrected chi connectivity index (χ1v) is 5.07. The van der Waals surface area contributed by atoms with E-state index >= 15 is 0 Å². The van der Waals surface area contributed by atoms with Crippen molar-refractivity contribution >= 4 is 40.7 Å². The Labute approximate surface area is 96.9 Å². The normalized spacial score (nSPS) is 12.5. The van der Waals surface area contributed by atoms with Gasteiger partial charge in [0, 0.05) is 10.0 Å². The van der Waals surface area contributed by atoms with Crippen molar-refractivity contribution in [2.45, 2.75) is 11.8 Å². The van der Waals surface area contributed by atoms with Crippen LogP contribution in [0.4, 0.5) is 0 Å². The number of carbonyl (C=O) groups is 1. The molecule has 2 N–H and O–H groups in total. The van der Waals surface area contributed by atoms with Crippen molar-refractivity contribution in [3.8, 4) is 0 Å². The summed E-state index contributed by atoms with van der Waals surface area (Å²) in [5.74, 6) is -0.567. The number of benzene rings is 1. The summed E-state index contributed by atoms with van der Waals surface area (Å²) in [4.78, 5) is 10.7. The summed E-state index contributed by atoms with van der Waals surface area (Å²) in [6, 6.07) is 4.99. The van der Waals surface area contributed by atoms with E-state index < -0.39 is 11.3 Å². The van der Waals surface area contributed by atoms with Gasteiger partial charge in [-0.1, -0.05) is 23.2 Å². The van der Waals surface area contributed by atoms with Crippen molar-refractivity contribution in [3.05, 3.63) is 33.8 Å². The van der Waals surface area contributed by atoms with E-state index in [4.69, 9.17) is 40.5 Å². The quantitative estimate of drug-likeness (QED) is 0.826. The highest BCUT2D eigenvalue weighted by Gasteiger charge is 2.14. The SMILES string of the molecule is NC(=O)C(Cl)Cc1cc(Cl)ccc1Cl. The van der Waals surface area contributed by atoms with Crippen molar-refractivity contribution in [3.63, 3.8) is 0 Å². The molecule has 0 bridgehead atoms. The topological polar surface area (TPSA) is 43.1 Å². The van der Waals surface area contributed by atoms with Crippen molar-refractivity contribution in [2.75, 3.05) is 0 Å². The number of nitrogens with two attached hydrogens (primary N) is 1. The highest BCUT2D eigenvalue weighted by Crippen LogP contribution is 2.22. The van der Waals surface area contributed by atoms with Crippen LogP contribution in [0.1, 0.15) is 5.56 Å². The first kappa shape index (κ1) is 11.6. The molecule has 0 aliphatic rings. The van der Waals surface area contributed by atoms with Gasteiger partial charge in [0.25, 0.3) is 0 Å². The van der Waals surface area contributed by atoms with Gasteiger partial charge in [-0.2, -0.15) is 0 Å². The summed E-state index contributed by atoms with van der Waals surface area (Å²) >= 11 is 17.3. The van der Waals surface area contributed by atoms with E-state index in [0.29, 0.717) is 10.0 Å². The van der Waals surface area contributed by atoms with Gasteiger partial charge in [0.1, 0.15) is 5.38 Å². The molecule has 0 fully saturated rings. The van der Waals surface area contributed by atoms with E-state index in [1.54, 1.807) is 18.2 Å². The van der Waals surface area contributed by atoms with Gasteiger partial charge in [0.2, 0.25) is 5.91 Å². The third-order valence-corrected chi connectivity index (χ3v) is 2.69. The van der Waals surface area contributed by atoms with Crippen LogP contribution in [-0.4, -0.2) is 11.3 Å². The first-order chi connectivity index (χ1) is 6.50. The Balaban J connectivity index is 2.85. The molecular weight excluding hydrogens is 244 g/mol. The second-order valence-electron chi connectivity index (χ2n) is 2.81. The summed E-state index contributed by atoms with van der Waals surface area (Å²) < 4.78 is 0. The van der Waals surface area contributed by atoms with Crippen LogP contribution in [-0.2, 0) is 11.2 Å². The van der Waals surface area contributed by atoms with Crippen molar-refractivity contribution in [2.24, 2.45) is 5.73 Å². The van der Waals surface area contributed by atoms with Gasteiger partial charge >= 0.3 is 0 Å². The molecule has 76 valence electrons. The third-order valence-electron chi connectivity index (χ3n) is 1.72. The van der Waals surface area contributed by atoms with Gasteiger partial charge in [-0.05, 0) is 30.2 Å². The number of alkyl halides is 1. The summed E-state index contributed by atoms with van der Waals surface area (Å²) in [5, 5.41) is 0.324. The van der Waals surface area contributed by atoms with Crippen LogP contribution in [0.25, 0.3) is 0 Å². The van der Waals surface area contributed by atoms with E-state index in [1.165, 1.54) is 0 Å². The zero-order chi connectivity index (χ0) is 10.7. The van der Waals surface area contributed by atoms with E-state index in [1.807, 2.05) is 0 Å². The molecule has 14 heavy (non-hydrogen) atoms. The van der Waals surface area contributed by atoms with Crippen LogP contribution in [0.15, 0.2) is 18.2 Å². The molecule has 0 aliphatic carbocycles. The van der Waals surface area contributed by atoms with Crippen LogP contribution in [0.2, 0.25) is 10.0 Å². The Hall–Kier alpha value is -0.440. The highest BCUT2D eigenvalue weighted by atomic mass is 35.5. The molecule has 0 spiro atoms. The van der Waals surface area contributed by atoms with Gasteiger partial charge in [-0.3, -0.25) is 4.79 Å². The summed E-state index contributed by atoms with van der Waals surface area (Å²) in [6.07, 6.45) is 0.288. The second-order valence-corrected chi connectivity index (χ2v) is 4.18. The number of primary amides is 1. The molecule has 1 aromatic rings. The van der Waals surface area contributed by atoms with E-state index in [-0.39, 0.29) is 6.42 Å². The molecule has 2 nitrogen and oxygen atoms in total. The molecule has 0 radical (unpaired) electrons. The molecule has 1 unspecified atom stereocenters. The highest BCUT2D eigenvalue weighted by molar-refractivity contribution is 6.34. The molecule has 1 aromatic carbocycles. The lowest BCUT2D eigenvalue weighted by Crippen LogP contribution is -2.25. The molecule has 0 saturated carbocycles. The first-order valence-electron chi connectivity index (χ1n) is 3.88. The largest absolute Gasteiger partial charge is 0.368 e. The van der Waals surface area contributed by atoms with Gasteiger partial charge in [0.15, 0.2) is 0 Å². The average molecular weight is 253 g/mol. The minimum absolute atomic E-state index is 0.288. The molecule has 1 atom stereocenters. The van der Waals surface area contributed by atoms with Crippen LogP contribution >= 0.6 is 34.8 Å². The van der Waals surface area contributed by atoms with Gasteiger partial charge in [0.05, 0.1) is 0 Å². The van der Waals surface area contributed by atoms with Crippen LogP contribution in [0.3, 0.4) is 0 Å². The predicted octanol–water partition coefficient (Wildman–Crippen LogP) is 2.63. The van der Waals surface area contributed by atoms with Crippen molar-refractivity contribution < 1.29 is 4.79 Å². The minimum Gasteiger partial charge on any atom is -0.368 e. The summed E-state index contributed by atoms with van der Waals surface area (Å²) in [6.45, 7) is 0. The number of carbonyl (C=O) groups excluding carboxylic acids is 1. The van der Waals surface area contributed by atoms with E-state index in [0.717, 1.165) is 5.56 Å². The lowest BCUT2D eigenvalue weighted by molar-refractivity contribution is -0.117. The lowest BCUT2D eigenvalue weighted by atomic mass is 10.1. The number of amides is 1. The fourth-order valence-corrected chi connectivity index (χ4v) is 1.55. The zero-order valence-electron chi connectivity index (χ0n) is 7.14. The van der Waals surface area contributed by atoms with Gasteiger partial charge in [-0.15, -0.1) is 11.6 Å². The molecule has 1 rings (SSSR count). The van der Waals surface area contributed by atoms with Gasteiger partial charge < -0.3 is 5.73 Å². The fourth-order valence-electron chi connectivity index (χ4n) is 0.993. The Morgan fingerprint density at radius 2 is 2.07 bits per heavy atom. The average Bonchev–Trinajstić information content (AvgIpc) is 2.11. The third kappa shape index (κ3) is 3.05. The van der Waals surface area contributed by atoms with Gasteiger partial charge in [-0.25, -0.2) is 0 Å². The van der Waals surface area contributed by atoms with Crippen LogP contribution in [0.5, 0.6) is 0 Å². The Bertz CT molecular complexity index is 354. The predicted molar refractivity (Wildman–Crippen MR) is 59.0 cm³/mol. The van der Waals surface area contributed by atoms with Crippen molar-refractivity contribution in [1.29, 1.82) is 0 Å². The standard InChI is InChI=1S/C9H8Cl3NO/c10-6-1-2-7(11)5(3-6)4-8(12)9(13)14/h1-3,8H,4H2,(H2,13,14). The number of rotatable bonds is 3. The number of halogens is 3. The Morgan fingerprint density at radius 1 is 1.43 bits per heavy atom. The van der Waals surface area contributed by atoms with Crippen LogP contribution in [0, 0.1) is 0 Å². The number of hydrogen-bond donors (Lipinski definition) is 1. The maximum absolute atomic E-state index is 10.7. The molecule has 0 aromatic heterocycles. The van der Waals surface area contributed by atoms with Crippen molar-refractivity contribution in [1.82, 2.24) is 0 Å². The Kier molecular flexibility index (Phi) is 4.05. The monoisotopic (exact) mass is 251 g/mol. The van der Waals surface area contributed by atoms with Crippen LogP contribution < -0.4 is 5.73 Å². The molecule has 5 heteroatoms. The fraction of sp³-hybridized carbons (Fsp3) is 0.222. The smallest absolute Gasteiger partial charge is 0.235 e. The molecule has 0 saturated heterocycles. The summed E-state index contributed by atoms with van der Waals surface area (Å²) in [7, 11) is 0. The molecular formula is C9H8Cl3NO. The zero-order valence-corrected chi connectivity index (χ0v) is 9.40. The van der Waals surface area contributed by atoms with E-state index in [9.17, 15) is 4.79 Å².